The van der Waals surface area contributed by atoms with E-state index >= 15 is 0 Å². The summed E-state index contributed by atoms with van der Waals surface area (Å²) in [6.07, 6.45) is 7.77. The highest BCUT2D eigenvalue weighted by molar-refractivity contribution is 7.99. The highest BCUT2D eigenvalue weighted by Gasteiger charge is 2.23. The average Bonchev–Trinajstić information content (AvgIpc) is 2.82. The molecule has 1 saturated heterocycles. The lowest BCUT2D eigenvalue weighted by molar-refractivity contribution is 0.187. The van der Waals surface area contributed by atoms with Gasteiger partial charge in [0.25, 0.3) is 0 Å². The Bertz CT molecular complexity index is 249. The first-order valence-corrected chi connectivity index (χ1v) is 7.74. The lowest BCUT2D eigenvalue weighted by Gasteiger charge is -2.28. The first kappa shape index (κ1) is 13.0. The second-order valence-electron chi connectivity index (χ2n) is 4.89. The lowest BCUT2D eigenvalue weighted by atomic mass is 9.95. The molecule has 0 spiro atoms. The number of amides is 2. The van der Waals surface area contributed by atoms with Crippen molar-refractivity contribution in [2.75, 3.05) is 19.5 Å². The van der Waals surface area contributed by atoms with Crippen LogP contribution in [0.15, 0.2) is 0 Å². The lowest BCUT2D eigenvalue weighted by Crippen LogP contribution is -2.47. The standard InChI is InChI=1S/C12H22N2O2S/c1-17-11-4-2-9(3-5-11)13-12(15)14-10-6-7-16-8-10/h9-11H,2-8H2,1H3,(H2,13,14,15). The quantitative estimate of drug-likeness (QED) is 0.811. The van der Waals surface area contributed by atoms with Gasteiger partial charge in [0.1, 0.15) is 0 Å². The molecule has 1 atom stereocenters. The van der Waals surface area contributed by atoms with Crippen LogP contribution in [0.1, 0.15) is 32.1 Å². The number of ether oxygens (including phenoxy) is 1. The summed E-state index contributed by atoms with van der Waals surface area (Å²) in [5.41, 5.74) is 0. The molecule has 1 aliphatic heterocycles. The smallest absolute Gasteiger partial charge is 0.315 e. The molecule has 2 amide bonds. The van der Waals surface area contributed by atoms with E-state index in [4.69, 9.17) is 4.74 Å². The highest BCUT2D eigenvalue weighted by atomic mass is 32.2. The Morgan fingerprint density at radius 1 is 1.12 bits per heavy atom. The van der Waals surface area contributed by atoms with Crippen LogP contribution in [0.3, 0.4) is 0 Å². The zero-order chi connectivity index (χ0) is 12.1. The van der Waals surface area contributed by atoms with Gasteiger partial charge >= 0.3 is 6.03 Å². The molecule has 1 unspecified atom stereocenters. The van der Waals surface area contributed by atoms with Crippen LogP contribution in [-0.4, -0.2) is 42.8 Å². The number of rotatable bonds is 3. The minimum atomic E-state index is -0.0203. The van der Waals surface area contributed by atoms with Gasteiger partial charge in [0.15, 0.2) is 0 Å². The number of hydrogen-bond acceptors (Lipinski definition) is 3. The topological polar surface area (TPSA) is 50.4 Å². The largest absolute Gasteiger partial charge is 0.379 e. The molecule has 4 nitrogen and oxygen atoms in total. The maximum Gasteiger partial charge on any atom is 0.315 e. The van der Waals surface area contributed by atoms with Crippen molar-refractivity contribution < 1.29 is 9.53 Å². The van der Waals surface area contributed by atoms with E-state index in [0.717, 1.165) is 31.1 Å². The SMILES string of the molecule is CSC1CCC(NC(=O)NC2CCOC2)CC1. The number of nitrogens with one attached hydrogen (secondary N) is 2. The van der Waals surface area contributed by atoms with Crippen molar-refractivity contribution in [3.05, 3.63) is 0 Å². The summed E-state index contributed by atoms with van der Waals surface area (Å²) in [5, 5.41) is 6.84. The highest BCUT2D eigenvalue weighted by Crippen LogP contribution is 2.26. The second-order valence-corrected chi connectivity index (χ2v) is 6.03. The molecule has 1 saturated carbocycles. The van der Waals surface area contributed by atoms with Crippen LogP contribution >= 0.6 is 11.8 Å². The number of urea groups is 1. The molecule has 0 radical (unpaired) electrons. The summed E-state index contributed by atoms with van der Waals surface area (Å²) >= 11 is 1.95. The Morgan fingerprint density at radius 2 is 1.82 bits per heavy atom. The summed E-state index contributed by atoms with van der Waals surface area (Å²) in [6, 6.07) is 0.548. The van der Waals surface area contributed by atoms with Crippen molar-refractivity contribution >= 4 is 17.8 Å². The number of hydrogen-bond donors (Lipinski definition) is 2. The van der Waals surface area contributed by atoms with Crippen LogP contribution in [0.2, 0.25) is 0 Å². The van der Waals surface area contributed by atoms with E-state index in [2.05, 4.69) is 16.9 Å². The van der Waals surface area contributed by atoms with Gasteiger partial charge in [0, 0.05) is 17.9 Å². The van der Waals surface area contributed by atoms with Crippen LogP contribution in [0.4, 0.5) is 4.79 Å². The summed E-state index contributed by atoms with van der Waals surface area (Å²) in [4.78, 5) is 11.7. The van der Waals surface area contributed by atoms with E-state index in [1.165, 1.54) is 12.8 Å². The van der Waals surface area contributed by atoms with Crippen LogP contribution < -0.4 is 10.6 Å². The number of thioether (sulfide) groups is 1. The molecule has 1 aliphatic carbocycles. The summed E-state index contributed by atoms with van der Waals surface area (Å²) in [5.74, 6) is 0. The first-order valence-electron chi connectivity index (χ1n) is 6.45. The molecule has 2 aliphatic rings. The van der Waals surface area contributed by atoms with Crippen molar-refractivity contribution in [3.63, 3.8) is 0 Å². The van der Waals surface area contributed by atoms with E-state index in [-0.39, 0.29) is 12.1 Å². The maximum absolute atomic E-state index is 11.7. The van der Waals surface area contributed by atoms with Gasteiger partial charge in [-0.3, -0.25) is 0 Å². The molecule has 98 valence electrons. The van der Waals surface area contributed by atoms with Gasteiger partial charge in [-0.2, -0.15) is 11.8 Å². The third-order valence-electron chi connectivity index (χ3n) is 3.61. The number of carbonyl (C=O) groups excluding carboxylic acids is 1. The molecule has 1 heterocycles. The van der Waals surface area contributed by atoms with E-state index in [1.807, 2.05) is 11.8 Å². The van der Waals surface area contributed by atoms with E-state index in [0.29, 0.717) is 12.6 Å². The van der Waals surface area contributed by atoms with Crippen LogP contribution in [0, 0.1) is 0 Å². The van der Waals surface area contributed by atoms with Crippen molar-refractivity contribution in [3.8, 4) is 0 Å². The monoisotopic (exact) mass is 258 g/mol. The molecular weight excluding hydrogens is 236 g/mol. The Balaban J connectivity index is 1.65. The minimum Gasteiger partial charge on any atom is -0.379 e. The normalized spacial score (nSPS) is 33.4. The molecule has 2 rings (SSSR count). The molecule has 17 heavy (non-hydrogen) atoms. The van der Waals surface area contributed by atoms with Crippen molar-refractivity contribution in [2.45, 2.75) is 49.4 Å². The molecular formula is C12H22N2O2S. The molecule has 2 N–H and O–H groups in total. The van der Waals surface area contributed by atoms with Gasteiger partial charge in [-0.25, -0.2) is 4.79 Å². The Hall–Kier alpha value is -0.420. The van der Waals surface area contributed by atoms with Gasteiger partial charge < -0.3 is 15.4 Å². The predicted octanol–water partition coefficient (Wildman–Crippen LogP) is 1.75. The zero-order valence-corrected chi connectivity index (χ0v) is 11.2. The predicted molar refractivity (Wildman–Crippen MR) is 70.5 cm³/mol. The zero-order valence-electron chi connectivity index (χ0n) is 10.4. The third-order valence-corrected chi connectivity index (χ3v) is 4.75. The fourth-order valence-corrected chi connectivity index (χ4v) is 3.25. The fourth-order valence-electron chi connectivity index (χ4n) is 2.50. The van der Waals surface area contributed by atoms with Crippen LogP contribution in [0.25, 0.3) is 0 Å². The molecule has 5 heteroatoms. The summed E-state index contributed by atoms with van der Waals surface area (Å²) < 4.78 is 5.23. The van der Waals surface area contributed by atoms with Crippen molar-refractivity contribution in [2.24, 2.45) is 0 Å². The molecule has 0 aromatic carbocycles. The van der Waals surface area contributed by atoms with Gasteiger partial charge in [-0.15, -0.1) is 0 Å². The van der Waals surface area contributed by atoms with Gasteiger partial charge in [-0.1, -0.05) is 0 Å². The van der Waals surface area contributed by atoms with Crippen molar-refractivity contribution in [1.82, 2.24) is 10.6 Å². The van der Waals surface area contributed by atoms with E-state index in [9.17, 15) is 4.79 Å². The Kier molecular flexibility index (Phi) is 4.98. The average molecular weight is 258 g/mol. The summed E-state index contributed by atoms with van der Waals surface area (Å²) in [7, 11) is 0. The summed E-state index contributed by atoms with van der Waals surface area (Å²) in [6.45, 7) is 1.43. The maximum atomic E-state index is 11.7. The Labute approximate surface area is 107 Å². The van der Waals surface area contributed by atoms with Crippen LogP contribution in [-0.2, 0) is 4.74 Å². The second kappa shape index (κ2) is 6.50. The van der Waals surface area contributed by atoms with E-state index < -0.39 is 0 Å². The third kappa shape index (κ3) is 4.07. The van der Waals surface area contributed by atoms with Crippen LogP contribution in [0.5, 0.6) is 0 Å². The first-order chi connectivity index (χ1) is 8.28. The molecule has 2 fully saturated rings. The molecule has 0 aromatic heterocycles. The molecule has 0 bridgehead atoms. The fraction of sp³-hybridized carbons (Fsp3) is 0.917. The minimum absolute atomic E-state index is 0.0203. The Morgan fingerprint density at radius 3 is 2.41 bits per heavy atom. The van der Waals surface area contributed by atoms with Gasteiger partial charge in [-0.05, 0) is 38.4 Å². The van der Waals surface area contributed by atoms with Crippen molar-refractivity contribution in [1.29, 1.82) is 0 Å². The van der Waals surface area contributed by atoms with Gasteiger partial charge in [0.2, 0.25) is 0 Å². The molecule has 0 aromatic rings. The number of carbonyl (C=O) groups is 1. The van der Waals surface area contributed by atoms with E-state index in [1.54, 1.807) is 0 Å². The van der Waals surface area contributed by atoms with Gasteiger partial charge in [0.05, 0.1) is 12.6 Å².